The molecule has 7 aromatic rings. The van der Waals surface area contributed by atoms with Gasteiger partial charge in [0, 0.05) is 17.4 Å². The molecule has 5 heteroatoms. The van der Waals surface area contributed by atoms with Crippen LogP contribution in [0.15, 0.2) is 122 Å². The standard InChI is InChI=1S/C40H35NO4/c1-39(2,3)24-14-18-26(19-15-24)41(27-20-16-25(17-21-27)40(4,5)6)32-12-9-11-29-37(43)31-22-30-34(23-35(31)45-38(29)32)44-33-13-8-7-10-28(33)36(30)42/h7-23H,1-6H3. The van der Waals surface area contributed by atoms with E-state index in [9.17, 15) is 9.59 Å². The van der Waals surface area contributed by atoms with Gasteiger partial charge in [-0.1, -0.05) is 84.0 Å². The van der Waals surface area contributed by atoms with E-state index in [0.717, 1.165) is 17.1 Å². The molecule has 224 valence electrons. The van der Waals surface area contributed by atoms with E-state index in [1.54, 1.807) is 36.4 Å². The molecule has 2 heterocycles. The molecule has 5 aromatic carbocycles. The Kier molecular flexibility index (Phi) is 6.48. The SMILES string of the molecule is CC(C)(C)c1ccc(N(c2ccc(C(C)(C)C)cc2)c2cccc3c(=O)c4cc5c(=O)c6ccccc6oc5cc4oc23)cc1. The number of nitrogens with zero attached hydrogens (tertiary/aromatic N) is 1. The predicted molar refractivity (Wildman–Crippen MR) is 186 cm³/mol. The fourth-order valence-corrected chi connectivity index (χ4v) is 5.98. The van der Waals surface area contributed by atoms with Gasteiger partial charge in [0.25, 0.3) is 0 Å². The van der Waals surface area contributed by atoms with Crippen LogP contribution in [-0.4, -0.2) is 0 Å². The third-order valence-electron chi connectivity index (χ3n) is 8.60. The van der Waals surface area contributed by atoms with Crippen molar-refractivity contribution in [3.05, 3.63) is 135 Å². The first kappa shape index (κ1) is 28.6. The van der Waals surface area contributed by atoms with E-state index in [1.807, 2.05) is 18.2 Å². The van der Waals surface area contributed by atoms with Gasteiger partial charge in [-0.3, -0.25) is 9.59 Å². The molecule has 0 fully saturated rings. The van der Waals surface area contributed by atoms with Gasteiger partial charge in [0.15, 0.2) is 5.58 Å². The van der Waals surface area contributed by atoms with Crippen molar-refractivity contribution in [2.45, 2.75) is 52.4 Å². The van der Waals surface area contributed by atoms with Gasteiger partial charge in [-0.2, -0.15) is 0 Å². The fraction of sp³-hybridized carbons (Fsp3) is 0.200. The second-order valence-corrected chi connectivity index (χ2v) is 13.8. The first-order valence-electron chi connectivity index (χ1n) is 15.3. The number of hydrogen-bond acceptors (Lipinski definition) is 5. The van der Waals surface area contributed by atoms with E-state index >= 15 is 0 Å². The highest BCUT2D eigenvalue weighted by atomic mass is 16.3. The monoisotopic (exact) mass is 593 g/mol. The van der Waals surface area contributed by atoms with E-state index in [4.69, 9.17) is 8.83 Å². The van der Waals surface area contributed by atoms with Crippen LogP contribution in [0.3, 0.4) is 0 Å². The minimum atomic E-state index is -0.200. The maximum atomic E-state index is 14.1. The summed E-state index contributed by atoms with van der Waals surface area (Å²) >= 11 is 0. The van der Waals surface area contributed by atoms with Gasteiger partial charge in [0.05, 0.1) is 27.2 Å². The summed E-state index contributed by atoms with van der Waals surface area (Å²) in [5.41, 5.74) is 6.39. The van der Waals surface area contributed by atoms with Gasteiger partial charge < -0.3 is 13.7 Å². The van der Waals surface area contributed by atoms with Crippen LogP contribution < -0.4 is 15.8 Å². The number of fused-ring (bicyclic) bond motifs is 4. The lowest BCUT2D eigenvalue weighted by Crippen LogP contribution is -2.15. The van der Waals surface area contributed by atoms with Crippen LogP contribution >= 0.6 is 0 Å². The summed E-state index contributed by atoms with van der Waals surface area (Å²) < 4.78 is 12.7. The van der Waals surface area contributed by atoms with Crippen LogP contribution in [-0.2, 0) is 10.8 Å². The lowest BCUT2D eigenvalue weighted by Gasteiger charge is -2.28. The number of rotatable bonds is 3. The molecule has 0 aliphatic rings. The van der Waals surface area contributed by atoms with Gasteiger partial charge in [0.1, 0.15) is 16.7 Å². The lowest BCUT2D eigenvalue weighted by molar-refractivity contribution is 0.590. The molecule has 0 atom stereocenters. The lowest BCUT2D eigenvalue weighted by atomic mass is 9.86. The van der Waals surface area contributed by atoms with Crippen molar-refractivity contribution in [1.29, 1.82) is 0 Å². The Labute approximate surface area is 261 Å². The first-order valence-corrected chi connectivity index (χ1v) is 15.3. The van der Waals surface area contributed by atoms with E-state index < -0.39 is 0 Å². The summed E-state index contributed by atoms with van der Waals surface area (Å²) in [6.45, 7) is 13.2. The largest absolute Gasteiger partial charge is 0.456 e. The molecule has 0 saturated carbocycles. The molecular weight excluding hydrogens is 558 g/mol. The predicted octanol–water partition coefficient (Wildman–Crippen LogP) is 10.3. The molecule has 0 aliphatic carbocycles. The highest BCUT2D eigenvalue weighted by molar-refractivity contribution is 6.03. The average molecular weight is 594 g/mol. The summed E-state index contributed by atoms with van der Waals surface area (Å²) in [6, 6.07) is 33.1. The Morgan fingerprint density at radius 3 is 1.58 bits per heavy atom. The van der Waals surface area contributed by atoms with Gasteiger partial charge >= 0.3 is 0 Å². The van der Waals surface area contributed by atoms with Crippen LogP contribution in [0.2, 0.25) is 0 Å². The molecule has 0 aliphatic heterocycles. The summed E-state index contributed by atoms with van der Waals surface area (Å²) in [6.07, 6.45) is 0. The Morgan fingerprint density at radius 1 is 0.489 bits per heavy atom. The van der Waals surface area contributed by atoms with Crippen molar-refractivity contribution >= 4 is 60.9 Å². The molecule has 7 rings (SSSR count). The maximum Gasteiger partial charge on any atom is 0.200 e. The van der Waals surface area contributed by atoms with Gasteiger partial charge in [-0.05, 0) is 76.6 Å². The Bertz CT molecular complexity index is 2310. The zero-order chi connectivity index (χ0) is 31.7. The van der Waals surface area contributed by atoms with E-state index in [-0.39, 0.29) is 21.7 Å². The average Bonchev–Trinajstić information content (AvgIpc) is 3.01. The third-order valence-corrected chi connectivity index (χ3v) is 8.60. The Hall–Kier alpha value is -5.16. The second-order valence-electron chi connectivity index (χ2n) is 13.8. The fourth-order valence-electron chi connectivity index (χ4n) is 5.98. The molecule has 45 heavy (non-hydrogen) atoms. The van der Waals surface area contributed by atoms with Crippen LogP contribution in [0, 0.1) is 0 Å². The highest BCUT2D eigenvalue weighted by Crippen LogP contribution is 2.41. The number of benzene rings is 5. The smallest absolute Gasteiger partial charge is 0.200 e. The van der Waals surface area contributed by atoms with Gasteiger partial charge in [-0.15, -0.1) is 0 Å². The number of hydrogen-bond donors (Lipinski definition) is 0. The van der Waals surface area contributed by atoms with Gasteiger partial charge in [0.2, 0.25) is 10.9 Å². The molecule has 0 bridgehead atoms. The van der Waals surface area contributed by atoms with Crippen molar-refractivity contribution in [3.8, 4) is 0 Å². The van der Waals surface area contributed by atoms with Crippen LogP contribution in [0.25, 0.3) is 43.9 Å². The van der Waals surface area contributed by atoms with Crippen LogP contribution in [0.5, 0.6) is 0 Å². The molecule has 0 N–H and O–H groups in total. The zero-order valence-corrected chi connectivity index (χ0v) is 26.4. The molecule has 5 nitrogen and oxygen atoms in total. The summed E-state index contributed by atoms with van der Waals surface area (Å²) in [5, 5.41) is 1.60. The molecule has 0 unspecified atom stereocenters. The molecule has 0 saturated heterocycles. The first-order chi connectivity index (χ1) is 21.4. The zero-order valence-electron chi connectivity index (χ0n) is 26.4. The molecule has 0 amide bonds. The highest BCUT2D eigenvalue weighted by Gasteiger charge is 2.22. The quantitative estimate of drug-likeness (QED) is 0.191. The molecule has 0 spiro atoms. The maximum absolute atomic E-state index is 14.1. The van der Waals surface area contributed by atoms with Crippen molar-refractivity contribution in [3.63, 3.8) is 0 Å². The molecular formula is C40H35NO4. The van der Waals surface area contributed by atoms with E-state index in [0.29, 0.717) is 43.9 Å². The van der Waals surface area contributed by atoms with Crippen molar-refractivity contribution in [1.82, 2.24) is 0 Å². The van der Waals surface area contributed by atoms with Crippen molar-refractivity contribution in [2.75, 3.05) is 4.90 Å². The third kappa shape index (κ3) is 4.89. The number of para-hydroxylation sites is 2. The Balaban J connectivity index is 1.49. The minimum absolute atomic E-state index is 0.00593. The van der Waals surface area contributed by atoms with Gasteiger partial charge in [-0.25, -0.2) is 0 Å². The molecule has 2 aromatic heterocycles. The van der Waals surface area contributed by atoms with Crippen LogP contribution in [0.4, 0.5) is 17.1 Å². The van der Waals surface area contributed by atoms with Crippen molar-refractivity contribution in [2.24, 2.45) is 0 Å². The van der Waals surface area contributed by atoms with E-state index in [1.165, 1.54) is 11.1 Å². The Morgan fingerprint density at radius 2 is 1.00 bits per heavy atom. The normalized spacial score (nSPS) is 12.4. The molecule has 0 radical (unpaired) electrons. The topological polar surface area (TPSA) is 63.7 Å². The van der Waals surface area contributed by atoms with E-state index in [2.05, 4.69) is 95.0 Å². The van der Waals surface area contributed by atoms with Crippen molar-refractivity contribution < 1.29 is 8.83 Å². The summed E-state index contributed by atoms with van der Waals surface area (Å²) in [7, 11) is 0. The summed E-state index contributed by atoms with van der Waals surface area (Å²) in [5.74, 6) is 0. The van der Waals surface area contributed by atoms with Crippen LogP contribution in [0.1, 0.15) is 52.7 Å². The number of anilines is 3. The second kappa shape index (κ2) is 10.2. The minimum Gasteiger partial charge on any atom is -0.456 e. The summed E-state index contributed by atoms with van der Waals surface area (Å²) in [4.78, 5) is 29.5.